The number of nitrogens with two attached hydrogens (primary N) is 1. The van der Waals surface area contributed by atoms with Gasteiger partial charge in [0.2, 0.25) is 0 Å². The Kier molecular flexibility index (Phi) is 5.15. The third kappa shape index (κ3) is 3.46. The summed E-state index contributed by atoms with van der Waals surface area (Å²) in [5, 5.41) is 0. The maximum atomic E-state index is 12.6. The zero-order valence-electron chi connectivity index (χ0n) is 10.4. The summed E-state index contributed by atoms with van der Waals surface area (Å²) < 4.78 is 30.1. The van der Waals surface area contributed by atoms with E-state index in [1.165, 1.54) is 6.07 Å². The van der Waals surface area contributed by atoms with Gasteiger partial charge in [0.25, 0.3) is 6.43 Å². The molecule has 0 aliphatic carbocycles. The third-order valence-electron chi connectivity index (χ3n) is 2.50. The molecule has 1 rings (SSSR count). The predicted octanol–water partition coefficient (Wildman–Crippen LogP) is 1.89. The van der Waals surface area contributed by atoms with Crippen molar-refractivity contribution in [3.63, 3.8) is 0 Å². The first-order valence-electron chi connectivity index (χ1n) is 5.62. The lowest BCUT2D eigenvalue weighted by Gasteiger charge is -2.12. The molecule has 18 heavy (non-hydrogen) atoms. The molecular weight excluding hydrogens is 242 g/mol. The van der Waals surface area contributed by atoms with E-state index < -0.39 is 12.4 Å². The molecule has 6 heteroatoms. The number of nitrogens with zero attached hydrogens (tertiary/aromatic N) is 1. The number of carbonyl (C=O) groups excluding carboxylic acids is 1. The quantitative estimate of drug-likeness (QED) is 0.819. The molecule has 0 bridgehead atoms. The van der Waals surface area contributed by atoms with Gasteiger partial charge in [0.1, 0.15) is 5.69 Å². The molecular formula is C12H16F2N2O2. The number of hydrogen-bond donors (Lipinski definition) is 1. The van der Waals surface area contributed by atoms with Gasteiger partial charge in [-0.1, -0.05) is 0 Å². The lowest BCUT2D eigenvalue weighted by Crippen LogP contribution is -2.15. The number of alkyl halides is 2. The second-order valence-corrected chi connectivity index (χ2v) is 3.78. The number of carbonyl (C=O) groups is 1. The Balaban J connectivity index is 3.10. The highest BCUT2D eigenvalue weighted by molar-refractivity contribution is 5.72. The molecule has 0 saturated heterocycles. The van der Waals surface area contributed by atoms with E-state index in [0.717, 1.165) is 0 Å². The molecule has 0 aliphatic rings. The molecule has 1 heterocycles. The zero-order valence-corrected chi connectivity index (χ0v) is 10.4. The van der Waals surface area contributed by atoms with E-state index in [1.807, 2.05) is 0 Å². The Morgan fingerprint density at radius 3 is 2.72 bits per heavy atom. The summed E-state index contributed by atoms with van der Waals surface area (Å²) in [6.07, 6.45) is -2.81. The first-order valence-corrected chi connectivity index (χ1v) is 5.62. The average molecular weight is 258 g/mol. The average Bonchev–Trinajstić information content (AvgIpc) is 2.28. The maximum Gasteiger partial charge on any atom is 0.311 e. The Morgan fingerprint density at radius 1 is 1.56 bits per heavy atom. The Labute approximate surface area is 104 Å². The van der Waals surface area contributed by atoms with Crippen molar-refractivity contribution in [2.24, 2.45) is 5.73 Å². The zero-order chi connectivity index (χ0) is 13.7. The molecule has 0 spiro atoms. The highest BCUT2D eigenvalue weighted by Crippen LogP contribution is 2.22. The minimum absolute atomic E-state index is 0.137. The topological polar surface area (TPSA) is 65.2 Å². The predicted molar refractivity (Wildman–Crippen MR) is 62.2 cm³/mol. The van der Waals surface area contributed by atoms with Crippen molar-refractivity contribution >= 4 is 5.97 Å². The summed E-state index contributed by atoms with van der Waals surface area (Å²) in [7, 11) is 0. The molecule has 0 aliphatic heterocycles. The SMILES string of the molecule is CCOC(=O)Cc1nc(C(F)F)cc(C)c1CN. The van der Waals surface area contributed by atoms with Crippen molar-refractivity contribution in [1.29, 1.82) is 0 Å². The smallest absolute Gasteiger partial charge is 0.311 e. The van der Waals surface area contributed by atoms with Crippen molar-refractivity contribution < 1.29 is 18.3 Å². The third-order valence-corrected chi connectivity index (χ3v) is 2.50. The van der Waals surface area contributed by atoms with Crippen LogP contribution in [-0.2, 0) is 22.5 Å². The van der Waals surface area contributed by atoms with Crippen LogP contribution in [0.1, 0.15) is 35.9 Å². The first-order chi connectivity index (χ1) is 8.49. The standard InChI is InChI=1S/C12H16F2N2O2/c1-3-18-11(17)5-9-8(6-15)7(2)4-10(16-9)12(13)14/h4,12H,3,5-6,15H2,1-2H3. The molecule has 0 aromatic carbocycles. The number of pyridine rings is 1. The van der Waals surface area contributed by atoms with Crippen molar-refractivity contribution in [1.82, 2.24) is 4.98 Å². The van der Waals surface area contributed by atoms with Gasteiger partial charge in [-0.15, -0.1) is 0 Å². The van der Waals surface area contributed by atoms with Gasteiger partial charge in [-0.05, 0) is 31.0 Å². The summed E-state index contributed by atoms with van der Waals surface area (Å²) in [5.41, 5.74) is 6.70. The maximum absolute atomic E-state index is 12.6. The fraction of sp³-hybridized carbons (Fsp3) is 0.500. The van der Waals surface area contributed by atoms with E-state index in [0.29, 0.717) is 11.1 Å². The highest BCUT2D eigenvalue weighted by Gasteiger charge is 2.17. The molecule has 0 saturated carbocycles. The molecule has 0 fully saturated rings. The number of rotatable bonds is 5. The van der Waals surface area contributed by atoms with Crippen LogP contribution in [0.3, 0.4) is 0 Å². The van der Waals surface area contributed by atoms with Gasteiger partial charge in [0.15, 0.2) is 0 Å². The molecule has 0 atom stereocenters. The monoisotopic (exact) mass is 258 g/mol. The van der Waals surface area contributed by atoms with Gasteiger partial charge < -0.3 is 10.5 Å². The van der Waals surface area contributed by atoms with E-state index >= 15 is 0 Å². The summed E-state index contributed by atoms with van der Waals surface area (Å²) in [6, 6.07) is 1.29. The van der Waals surface area contributed by atoms with E-state index in [-0.39, 0.29) is 31.0 Å². The van der Waals surface area contributed by atoms with Crippen LogP contribution in [-0.4, -0.2) is 17.6 Å². The summed E-state index contributed by atoms with van der Waals surface area (Å²) in [6.45, 7) is 3.74. The number of aromatic nitrogens is 1. The minimum Gasteiger partial charge on any atom is -0.466 e. The van der Waals surface area contributed by atoms with Gasteiger partial charge >= 0.3 is 5.97 Å². The molecule has 0 amide bonds. The van der Waals surface area contributed by atoms with Crippen molar-refractivity contribution in [3.8, 4) is 0 Å². The van der Waals surface area contributed by atoms with E-state index in [2.05, 4.69) is 4.98 Å². The Bertz CT molecular complexity index is 436. The molecule has 1 aromatic rings. The summed E-state index contributed by atoms with van der Waals surface area (Å²) in [4.78, 5) is 15.2. The molecule has 0 unspecified atom stereocenters. The minimum atomic E-state index is -2.67. The Hall–Kier alpha value is -1.56. The molecule has 0 radical (unpaired) electrons. The molecule has 2 N–H and O–H groups in total. The lowest BCUT2D eigenvalue weighted by atomic mass is 10.0. The van der Waals surface area contributed by atoms with E-state index in [1.54, 1.807) is 13.8 Å². The highest BCUT2D eigenvalue weighted by atomic mass is 19.3. The van der Waals surface area contributed by atoms with Crippen LogP contribution in [0.15, 0.2) is 6.07 Å². The van der Waals surface area contributed by atoms with Crippen LogP contribution < -0.4 is 5.73 Å². The Morgan fingerprint density at radius 2 is 2.22 bits per heavy atom. The van der Waals surface area contributed by atoms with Crippen LogP contribution in [0.25, 0.3) is 0 Å². The van der Waals surface area contributed by atoms with Gasteiger partial charge in [-0.2, -0.15) is 0 Å². The number of hydrogen-bond acceptors (Lipinski definition) is 4. The number of ether oxygens (including phenoxy) is 1. The second-order valence-electron chi connectivity index (χ2n) is 3.78. The summed E-state index contributed by atoms with van der Waals surface area (Å²) in [5.74, 6) is -0.495. The molecule has 1 aromatic heterocycles. The van der Waals surface area contributed by atoms with Crippen LogP contribution in [0, 0.1) is 6.92 Å². The lowest BCUT2D eigenvalue weighted by molar-refractivity contribution is -0.142. The van der Waals surface area contributed by atoms with E-state index in [4.69, 9.17) is 10.5 Å². The van der Waals surface area contributed by atoms with Gasteiger partial charge in [-0.3, -0.25) is 9.78 Å². The second kappa shape index (κ2) is 6.39. The van der Waals surface area contributed by atoms with Crippen LogP contribution >= 0.6 is 0 Å². The van der Waals surface area contributed by atoms with Gasteiger partial charge in [0.05, 0.1) is 18.7 Å². The normalized spacial score (nSPS) is 10.8. The molecule has 100 valence electrons. The number of esters is 1. The van der Waals surface area contributed by atoms with Crippen LogP contribution in [0.5, 0.6) is 0 Å². The molecule has 4 nitrogen and oxygen atoms in total. The number of halogens is 2. The summed E-state index contributed by atoms with van der Waals surface area (Å²) >= 11 is 0. The van der Waals surface area contributed by atoms with Crippen molar-refractivity contribution in [2.75, 3.05) is 6.61 Å². The van der Waals surface area contributed by atoms with Crippen LogP contribution in [0.2, 0.25) is 0 Å². The van der Waals surface area contributed by atoms with Gasteiger partial charge in [-0.25, -0.2) is 8.78 Å². The largest absolute Gasteiger partial charge is 0.466 e. The van der Waals surface area contributed by atoms with Crippen molar-refractivity contribution in [3.05, 3.63) is 28.6 Å². The van der Waals surface area contributed by atoms with Crippen LogP contribution in [0.4, 0.5) is 8.78 Å². The fourth-order valence-corrected chi connectivity index (χ4v) is 1.68. The fourth-order valence-electron chi connectivity index (χ4n) is 1.68. The first kappa shape index (κ1) is 14.5. The number of aryl methyl sites for hydroxylation is 1. The van der Waals surface area contributed by atoms with E-state index in [9.17, 15) is 13.6 Å². The van der Waals surface area contributed by atoms with Gasteiger partial charge in [0, 0.05) is 6.54 Å². The van der Waals surface area contributed by atoms with Crippen molar-refractivity contribution in [2.45, 2.75) is 33.2 Å².